The molecule has 0 radical (unpaired) electrons. The highest BCUT2D eigenvalue weighted by atomic mass is 79.9. The van der Waals surface area contributed by atoms with E-state index in [2.05, 4.69) is 40.2 Å². The molecule has 15 heavy (non-hydrogen) atoms. The lowest BCUT2D eigenvalue weighted by Crippen LogP contribution is -1.82. The van der Waals surface area contributed by atoms with Crippen molar-refractivity contribution in [3.63, 3.8) is 0 Å². The lowest BCUT2D eigenvalue weighted by Gasteiger charge is -1.96. The Balaban J connectivity index is 2.46. The Morgan fingerprint density at radius 2 is 2.07 bits per heavy atom. The average molecular weight is 285 g/mol. The van der Waals surface area contributed by atoms with Crippen molar-refractivity contribution in [1.82, 2.24) is 0 Å². The molecule has 0 spiro atoms. The Morgan fingerprint density at radius 1 is 1.40 bits per heavy atom. The molecule has 0 saturated heterocycles. The van der Waals surface area contributed by atoms with E-state index in [-0.39, 0.29) is 5.12 Å². The zero-order valence-corrected chi connectivity index (χ0v) is 11.0. The smallest absolute Gasteiger partial charge is 0.186 e. The molecule has 0 aliphatic heterocycles. The van der Waals surface area contributed by atoms with E-state index in [1.165, 1.54) is 22.9 Å². The van der Waals surface area contributed by atoms with Gasteiger partial charge in [0.15, 0.2) is 5.12 Å². The van der Waals surface area contributed by atoms with Gasteiger partial charge in [-0.05, 0) is 11.1 Å². The molecule has 80 valence electrons. The second kappa shape index (κ2) is 6.85. The number of rotatable bonds is 4. The summed E-state index contributed by atoms with van der Waals surface area (Å²) in [6.45, 7) is 1.59. The molecule has 0 saturated carbocycles. The molecule has 3 heteroatoms. The van der Waals surface area contributed by atoms with Gasteiger partial charge in [-0.2, -0.15) is 0 Å². The Labute approximate surface area is 103 Å². The van der Waals surface area contributed by atoms with E-state index in [0.29, 0.717) is 0 Å². The topological polar surface area (TPSA) is 17.1 Å². The minimum atomic E-state index is 0.161. The van der Waals surface area contributed by atoms with Gasteiger partial charge in [0, 0.05) is 18.0 Å². The van der Waals surface area contributed by atoms with Crippen LogP contribution < -0.4 is 0 Å². The summed E-state index contributed by atoms with van der Waals surface area (Å²) in [5, 5.41) is 1.05. The SMILES string of the molecule is CC(=O)SCC=Cc1ccc(CBr)cc1. The maximum atomic E-state index is 10.7. The Morgan fingerprint density at radius 3 is 2.60 bits per heavy atom. The molecule has 0 aromatic heterocycles. The first-order chi connectivity index (χ1) is 7.22. The van der Waals surface area contributed by atoms with Gasteiger partial charge in [-0.1, -0.05) is 64.1 Å². The fourth-order valence-electron chi connectivity index (χ4n) is 1.07. The summed E-state index contributed by atoms with van der Waals surface area (Å²) < 4.78 is 0. The normalized spacial score (nSPS) is 10.8. The number of hydrogen-bond acceptors (Lipinski definition) is 2. The Hall–Kier alpha value is -0.540. The molecule has 0 heterocycles. The van der Waals surface area contributed by atoms with Gasteiger partial charge in [-0.15, -0.1) is 0 Å². The molecule has 0 amide bonds. The Bertz CT molecular complexity index is 343. The number of hydrogen-bond donors (Lipinski definition) is 0. The second-order valence-corrected chi connectivity index (χ2v) is 4.84. The van der Waals surface area contributed by atoms with Gasteiger partial charge in [0.05, 0.1) is 0 Å². The molecule has 0 aliphatic rings. The van der Waals surface area contributed by atoms with E-state index in [1.807, 2.05) is 12.2 Å². The van der Waals surface area contributed by atoms with Crippen LogP contribution in [0.4, 0.5) is 0 Å². The first-order valence-electron chi connectivity index (χ1n) is 4.67. The summed E-state index contributed by atoms with van der Waals surface area (Å²) >= 11 is 4.73. The standard InChI is InChI=1S/C12H13BrOS/c1-10(14)15-8-2-3-11-4-6-12(9-13)7-5-11/h2-7H,8-9H2,1H3. The average Bonchev–Trinajstić information content (AvgIpc) is 2.25. The number of halogens is 1. The van der Waals surface area contributed by atoms with Crippen LogP contribution in [-0.4, -0.2) is 10.9 Å². The molecule has 1 rings (SSSR count). The third kappa shape index (κ3) is 5.19. The van der Waals surface area contributed by atoms with Crippen LogP contribution in [0, 0.1) is 0 Å². The van der Waals surface area contributed by atoms with Crippen LogP contribution >= 0.6 is 27.7 Å². The molecule has 0 unspecified atom stereocenters. The molecule has 1 aromatic carbocycles. The molecule has 1 aromatic rings. The fraction of sp³-hybridized carbons (Fsp3) is 0.250. The molecule has 0 atom stereocenters. The van der Waals surface area contributed by atoms with Crippen molar-refractivity contribution in [3.05, 3.63) is 41.5 Å². The van der Waals surface area contributed by atoms with Gasteiger partial charge < -0.3 is 0 Å². The highest BCUT2D eigenvalue weighted by Gasteiger charge is 1.91. The predicted octanol–water partition coefficient (Wildman–Crippen LogP) is 3.87. The van der Waals surface area contributed by atoms with Gasteiger partial charge in [-0.25, -0.2) is 0 Å². The van der Waals surface area contributed by atoms with E-state index in [9.17, 15) is 4.79 Å². The first-order valence-corrected chi connectivity index (χ1v) is 6.78. The van der Waals surface area contributed by atoms with E-state index >= 15 is 0 Å². The van der Waals surface area contributed by atoms with Gasteiger partial charge in [0.2, 0.25) is 0 Å². The molecular weight excluding hydrogens is 272 g/mol. The minimum Gasteiger partial charge on any atom is -0.288 e. The summed E-state index contributed by atoms with van der Waals surface area (Å²) in [7, 11) is 0. The maximum absolute atomic E-state index is 10.7. The summed E-state index contributed by atoms with van der Waals surface area (Å²) in [4.78, 5) is 10.7. The predicted molar refractivity (Wildman–Crippen MR) is 71.2 cm³/mol. The van der Waals surface area contributed by atoms with Crippen molar-refractivity contribution in [2.24, 2.45) is 0 Å². The largest absolute Gasteiger partial charge is 0.288 e. The molecule has 0 bridgehead atoms. The van der Waals surface area contributed by atoms with Gasteiger partial charge >= 0.3 is 0 Å². The van der Waals surface area contributed by atoms with Crippen LogP contribution in [0.2, 0.25) is 0 Å². The molecular formula is C12H13BrOS. The van der Waals surface area contributed by atoms with Crippen molar-refractivity contribution < 1.29 is 4.79 Å². The third-order valence-corrected chi connectivity index (χ3v) is 3.24. The summed E-state index contributed by atoms with van der Waals surface area (Å²) in [5.41, 5.74) is 2.44. The van der Waals surface area contributed by atoms with E-state index < -0.39 is 0 Å². The van der Waals surface area contributed by atoms with Gasteiger partial charge in [-0.3, -0.25) is 4.79 Å². The van der Waals surface area contributed by atoms with Crippen LogP contribution in [0.5, 0.6) is 0 Å². The quantitative estimate of drug-likeness (QED) is 0.781. The zero-order valence-electron chi connectivity index (χ0n) is 8.57. The summed E-state index contributed by atoms with van der Waals surface area (Å²) in [6.07, 6.45) is 4.04. The third-order valence-electron chi connectivity index (χ3n) is 1.83. The number of benzene rings is 1. The molecule has 0 fully saturated rings. The number of thioether (sulfide) groups is 1. The van der Waals surface area contributed by atoms with Crippen molar-refractivity contribution in [3.8, 4) is 0 Å². The maximum Gasteiger partial charge on any atom is 0.186 e. The first kappa shape index (κ1) is 12.5. The highest BCUT2D eigenvalue weighted by molar-refractivity contribution is 9.08. The zero-order chi connectivity index (χ0) is 11.1. The summed E-state index contributed by atoms with van der Waals surface area (Å²) in [6, 6.07) is 8.33. The minimum absolute atomic E-state index is 0.161. The fourth-order valence-corrected chi connectivity index (χ4v) is 1.87. The van der Waals surface area contributed by atoms with Crippen LogP contribution in [0.1, 0.15) is 18.1 Å². The van der Waals surface area contributed by atoms with Crippen LogP contribution in [-0.2, 0) is 10.1 Å². The van der Waals surface area contributed by atoms with Gasteiger partial charge in [0.25, 0.3) is 0 Å². The van der Waals surface area contributed by atoms with Crippen molar-refractivity contribution in [2.45, 2.75) is 12.3 Å². The van der Waals surface area contributed by atoms with E-state index in [1.54, 1.807) is 6.92 Å². The van der Waals surface area contributed by atoms with Crippen molar-refractivity contribution in [2.75, 3.05) is 5.75 Å². The number of alkyl halides is 1. The molecule has 0 aliphatic carbocycles. The second-order valence-electron chi connectivity index (χ2n) is 3.08. The van der Waals surface area contributed by atoms with Crippen molar-refractivity contribution in [1.29, 1.82) is 0 Å². The Kier molecular flexibility index (Phi) is 5.73. The van der Waals surface area contributed by atoms with Crippen LogP contribution in [0.15, 0.2) is 30.3 Å². The monoisotopic (exact) mass is 284 g/mol. The van der Waals surface area contributed by atoms with Gasteiger partial charge in [0.1, 0.15) is 0 Å². The van der Waals surface area contributed by atoms with E-state index in [0.717, 1.165) is 11.1 Å². The number of carbonyl (C=O) groups is 1. The van der Waals surface area contributed by atoms with Crippen LogP contribution in [0.25, 0.3) is 6.08 Å². The van der Waals surface area contributed by atoms with E-state index in [4.69, 9.17) is 0 Å². The molecule has 1 nitrogen and oxygen atoms in total. The van der Waals surface area contributed by atoms with Crippen LogP contribution in [0.3, 0.4) is 0 Å². The van der Waals surface area contributed by atoms with Crippen molar-refractivity contribution >= 4 is 38.9 Å². The number of carbonyl (C=O) groups excluding carboxylic acids is 1. The highest BCUT2D eigenvalue weighted by Crippen LogP contribution is 2.10. The lowest BCUT2D eigenvalue weighted by atomic mass is 10.1. The molecule has 0 N–H and O–H groups in total. The summed E-state index contributed by atoms with van der Waals surface area (Å²) in [5.74, 6) is 0.746. The lowest BCUT2D eigenvalue weighted by molar-refractivity contribution is -0.109.